The molecule has 0 radical (unpaired) electrons. The van der Waals surface area contributed by atoms with Crippen molar-refractivity contribution in [2.75, 3.05) is 56.4 Å². The summed E-state index contributed by atoms with van der Waals surface area (Å²) in [7, 11) is 5.81. The van der Waals surface area contributed by atoms with E-state index < -0.39 is 0 Å². The highest BCUT2D eigenvalue weighted by atomic mass is 19.1. The number of aromatic nitrogens is 4. The lowest BCUT2D eigenvalue weighted by Crippen LogP contribution is -2.42. The summed E-state index contributed by atoms with van der Waals surface area (Å²) < 4.78 is 21.4. The number of aryl methyl sites for hydroxylation is 1. The van der Waals surface area contributed by atoms with Crippen LogP contribution in [0.2, 0.25) is 0 Å². The summed E-state index contributed by atoms with van der Waals surface area (Å²) in [6, 6.07) is 14.0. The highest BCUT2D eigenvalue weighted by Crippen LogP contribution is 2.40. The molecule has 2 aromatic carbocycles. The maximum atomic E-state index is 13.7. The van der Waals surface area contributed by atoms with Crippen molar-refractivity contribution in [3.05, 3.63) is 79.0 Å². The molecule has 1 aliphatic heterocycles. The molecule has 236 valence electrons. The van der Waals surface area contributed by atoms with Gasteiger partial charge in [-0.3, -0.25) is 9.36 Å². The molecule has 0 saturated carbocycles. The summed E-state index contributed by atoms with van der Waals surface area (Å²) in [5.74, 6) is 1.63. The van der Waals surface area contributed by atoms with Crippen molar-refractivity contribution >= 4 is 28.8 Å². The van der Waals surface area contributed by atoms with Crippen LogP contribution in [0.3, 0.4) is 0 Å². The normalized spacial score (nSPS) is 13.6. The van der Waals surface area contributed by atoms with Gasteiger partial charge >= 0.3 is 0 Å². The molecule has 1 amide bonds. The van der Waals surface area contributed by atoms with E-state index >= 15 is 0 Å². The van der Waals surface area contributed by atoms with Gasteiger partial charge in [-0.2, -0.15) is 0 Å². The fourth-order valence-corrected chi connectivity index (χ4v) is 5.54. The van der Waals surface area contributed by atoms with Crippen molar-refractivity contribution in [1.29, 1.82) is 0 Å². The molecule has 5 rings (SSSR count). The number of pyridine rings is 1. The summed E-state index contributed by atoms with van der Waals surface area (Å²) in [6.45, 7) is 5.31. The molecule has 3 heterocycles. The van der Waals surface area contributed by atoms with Gasteiger partial charge in [0.2, 0.25) is 5.91 Å². The number of methoxy groups -OCH3 is 1. The Kier molecular flexibility index (Phi) is 10.1. The van der Waals surface area contributed by atoms with Gasteiger partial charge in [0, 0.05) is 56.1 Å². The van der Waals surface area contributed by atoms with Gasteiger partial charge in [-0.15, -0.1) is 10.2 Å². The SMILES string of the molecule is C=CC(=O)Nc1cc(Nc2cc(-n3c(CCCO)nnc3-c3ccc(F)cc3)ccn2)c(OC)cc1N1CCC(N(C)C)CC1. The maximum Gasteiger partial charge on any atom is 0.247 e. The van der Waals surface area contributed by atoms with E-state index in [1.165, 1.54) is 18.2 Å². The zero-order valence-electron chi connectivity index (χ0n) is 25.8. The summed E-state index contributed by atoms with van der Waals surface area (Å²) >= 11 is 0. The molecule has 1 fully saturated rings. The minimum atomic E-state index is -0.345. The van der Waals surface area contributed by atoms with Crippen LogP contribution in [0.25, 0.3) is 17.1 Å². The van der Waals surface area contributed by atoms with Crippen LogP contribution in [-0.2, 0) is 11.2 Å². The Bertz CT molecular complexity index is 1630. The molecule has 0 unspecified atom stereocenters. The smallest absolute Gasteiger partial charge is 0.247 e. The number of aliphatic hydroxyl groups excluding tert-OH is 1. The molecule has 12 heteroatoms. The van der Waals surface area contributed by atoms with Crippen molar-refractivity contribution < 1.29 is 19.0 Å². The van der Waals surface area contributed by atoms with Crippen LogP contribution in [-0.4, -0.2) is 82.6 Å². The number of nitrogens with zero attached hydrogens (tertiary/aromatic N) is 6. The molecule has 1 aliphatic rings. The highest BCUT2D eigenvalue weighted by molar-refractivity contribution is 6.02. The second-order valence-electron chi connectivity index (χ2n) is 11.1. The number of aliphatic hydroxyl groups is 1. The fraction of sp³-hybridized carbons (Fsp3) is 0.333. The van der Waals surface area contributed by atoms with Crippen LogP contribution in [0, 0.1) is 5.82 Å². The number of hydrogen-bond donors (Lipinski definition) is 3. The van der Waals surface area contributed by atoms with Crippen LogP contribution in [0.15, 0.2) is 67.4 Å². The summed E-state index contributed by atoms with van der Waals surface area (Å²) in [4.78, 5) is 21.5. The molecular formula is C33H39FN8O3. The number of anilines is 4. The topological polar surface area (TPSA) is 121 Å². The van der Waals surface area contributed by atoms with Crippen molar-refractivity contribution in [3.63, 3.8) is 0 Å². The quantitative estimate of drug-likeness (QED) is 0.193. The molecule has 1 saturated heterocycles. The third kappa shape index (κ3) is 7.30. The number of ether oxygens (including phenoxy) is 1. The number of carbonyl (C=O) groups is 1. The van der Waals surface area contributed by atoms with Crippen molar-refractivity contribution in [2.24, 2.45) is 0 Å². The summed E-state index contributed by atoms with van der Waals surface area (Å²) in [6.07, 6.45) is 5.92. The molecule has 4 aromatic rings. The number of rotatable bonds is 12. The largest absolute Gasteiger partial charge is 0.494 e. The van der Waals surface area contributed by atoms with E-state index in [-0.39, 0.29) is 18.3 Å². The molecule has 0 spiro atoms. The fourth-order valence-electron chi connectivity index (χ4n) is 5.54. The second-order valence-corrected chi connectivity index (χ2v) is 11.1. The zero-order valence-corrected chi connectivity index (χ0v) is 25.8. The van der Waals surface area contributed by atoms with E-state index in [0.29, 0.717) is 59.0 Å². The first-order valence-corrected chi connectivity index (χ1v) is 14.9. The maximum absolute atomic E-state index is 13.7. The van der Waals surface area contributed by atoms with Crippen LogP contribution in [0.1, 0.15) is 25.1 Å². The van der Waals surface area contributed by atoms with Gasteiger partial charge in [0.25, 0.3) is 0 Å². The van der Waals surface area contributed by atoms with Crippen LogP contribution in [0.5, 0.6) is 5.75 Å². The number of carbonyl (C=O) groups excluding carboxylic acids is 1. The van der Waals surface area contributed by atoms with Gasteiger partial charge in [0.1, 0.15) is 23.2 Å². The molecule has 11 nitrogen and oxygen atoms in total. The Morgan fingerprint density at radius 2 is 1.89 bits per heavy atom. The van der Waals surface area contributed by atoms with Crippen molar-refractivity contribution in [1.82, 2.24) is 24.6 Å². The minimum absolute atomic E-state index is 0.00999. The third-order valence-corrected chi connectivity index (χ3v) is 7.95. The Morgan fingerprint density at radius 3 is 2.56 bits per heavy atom. The standard InChI is InChI=1S/C33H39FN8O3/c1-5-32(44)37-26-20-27(29(45-4)21-28(26)41-16-13-24(14-17-41)40(2)3)36-30-19-25(12-15-35-30)42-31(7-6-18-43)38-39-33(42)22-8-10-23(34)11-9-22/h5,8-12,15,19-21,24,43H,1,6-7,13-14,16-18H2,2-4H3,(H,35,36)(H,37,44). The first-order valence-electron chi connectivity index (χ1n) is 14.9. The highest BCUT2D eigenvalue weighted by Gasteiger charge is 2.24. The molecule has 0 aliphatic carbocycles. The average molecular weight is 615 g/mol. The zero-order chi connectivity index (χ0) is 31.9. The van der Waals surface area contributed by atoms with Gasteiger partial charge in [0.05, 0.1) is 29.9 Å². The van der Waals surface area contributed by atoms with Gasteiger partial charge in [0.15, 0.2) is 5.82 Å². The number of halogens is 1. The van der Waals surface area contributed by atoms with E-state index in [2.05, 4.69) is 56.3 Å². The Balaban J connectivity index is 1.50. The predicted molar refractivity (Wildman–Crippen MR) is 174 cm³/mol. The van der Waals surface area contributed by atoms with E-state index in [0.717, 1.165) is 37.3 Å². The molecule has 3 N–H and O–H groups in total. The van der Waals surface area contributed by atoms with E-state index in [9.17, 15) is 14.3 Å². The number of amides is 1. The Morgan fingerprint density at radius 1 is 1.13 bits per heavy atom. The lowest BCUT2D eigenvalue weighted by Gasteiger charge is -2.37. The van der Waals surface area contributed by atoms with Gasteiger partial charge in [-0.25, -0.2) is 9.37 Å². The van der Waals surface area contributed by atoms with E-state index in [4.69, 9.17) is 4.74 Å². The Labute approximate surface area is 262 Å². The monoisotopic (exact) mass is 614 g/mol. The number of hydrogen-bond acceptors (Lipinski definition) is 9. The van der Waals surface area contributed by atoms with Gasteiger partial charge < -0.3 is 30.3 Å². The average Bonchev–Trinajstić information content (AvgIpc) is 3.48. The van der Waals surface area contributed by atoms with E-state index in [1.807, 2.05) is 28.8 Å². The van der Waals surface area contributed by atoms with Crippen molar-refractivity contribution in [3.8, 4) is 22.8 Å². The van der Waals surface area contributed by atoms with Crippen LogP contribution < -0.4 is 20.3 Å². The molecule has 0 atom stereocenters. The van der Waals surface area contributed by atoms with Gasteiger partial charge in [-0.1, -0.05) is 6.58 Å². The predicted octanol–water partition coefficient (Wildman–Crippen LogP) is 4.80. The van der Waals surface area contributed by atoms with Crippen LogP contribution in [0.4, 0.5) is 27.3 Å². The molecule has 2 aromatic heterocycles. The molecule has 0 bridgehead atoms. The molecular weight excluding hydrogens is 575 g/mol. The number of benzene rings is 2. The van der Waals surface area contributed by atoms with Gasteiger partial charge in [-0.05, 0) is 75.8 Å². The summed E-state index contributed by atoms with van der Waals surface area (Å²) in [5, 5.41) is 24.6. The van der Waals surface area contributed by atoms with Crippen molar-refractivity contribution in [2.45, 2.75) is 31.7 Å². The number of piperidine rings is 1. The first-order chi connectivity index (χ1) is 21.8. The minimum Gasteiger partial charge on any atom is -0.494 e. The van der Waals surface area contributed by atoms with E-state index in [1.54, 1.807) is 25.4 Å². The lowest BCUT2D eigenvalue weighted by molar-refractivity contribution is -0.111. The third-order valence-electron chi connectivity index (χ3n) is 7.95. The summed E-state index contributed by atoms with van der Waals surface area (Å²) in [5.41, 5.74) is 3.53. The lowest BCUT2D eigenvalue weighted by atomic mass is 10.0. The molecule has 45 heavy (non-hydrogen) atoms. The number of nitrogens with one attached hydrogen (secondary N) is 2. The first kappa shape index (κ1) is 31.6. The second kappa shape index (κ2) is 14.3. The van der Waals surface area contributed by atoms with Crippen LogP contribution >= 0.6 is 0 Å². The Hall–Kier alpha value is -4.81.